The zero-order valence-electron chi connectivity index (χ0n) is 18.5. The number of benzene rings is 3. The maximum absolute atomic E-state index is 13.4. The number of hydrogen-bond donors (Lipinski definition) is 1. The molecule has 0 spiro atoms. The number of nitrogens with zero attached hydrogens (tertiary/aromatic N) is 1. The molecule has 0 bridgehead atoms. The Balaban J connectivity index is 1.60. The van der Waals surface area contributed by atoms with Crippen LogP contribution in [-0.2, 0) is 22.6 Å². The van der Waals surface area contributed by atoms with Crippen LogP contribution >= 0.6 is 23.2 Å². The Hall–Kier alpha value is -3.68. The van der Waals surface area contributed by atoms with Crippen LogP contribution in [0.25, 0.3) is 6.08 Å². The summed E-state index contributed by atoms with van der Waals surface area (Å²) in [6, 6.07) is 14.9. The van der Waals surface area contributed by atoms with Crippen molar-refractivity contribution in [2.24, 2.45) is 0 Å². The van der Waals surface area contributed by atoms with E-state index in [0.717, 1.165) is 16.9 Å². The second kappa shape index (κ2) is 10.3. The van der Waals surface area contributed by atoms with Gasteiger partial charge in [0, 0.05) is 0 Å². The standard InChI is InChI=1S/C26H19Cl2FN2O4/c1-2-15-6-8-19(9-7-15)31-25(33)20(24(32)30-26(31)34)11-17-12-21(27)23(22(28)13-17)35-14-16-4-3-5-18(29)10-16/h3-13H,2,14H2,1H3,(H,30,32,34)/b20-11-. The van der Waals surface area contributed by atoms with Crippen molar-refractivity contribution < 1.29 is 23.5 Å². The summed E-state index contributed by atoms with van der Waals surface area (Å²) in [6.07, 6.45) is 2.10. The van der Waals surface area contributed by atoms with E-state index in [0.29, 0.717) is 16.8 Å². The summed E-state index contributed by atoms with van der Waals surface area (Å²) in [4.78, 5) is 38.8. The molecule has 0 atom stereocenters. The second-order valence-corrected chi connectivity index (χ2v) is 8.52. The largest absolute Gasteiger partial charge is 0.486 e. The van der Waals surface area contributed by atoms with Crippen LogP contribution < -0.4 is 15.0 Å². The molecule has 35 heavy (non-hydrogen) atoms. The van der Waals surface area contributed by atoms with Crippen LogP contribution in [0.3, 0.4) is 0 Å². The van der Waals surface area contributed by atoms with Crippen molar-refractivity contribution in [3.05, 3.63) is 98.8 Å². The van der Waals surface area contributed by atoms with Gasteiger partial charge in [0.1, 0.15) is 18.0 Å². The van der Waals surface area contributed by atoms with Gasteiger partial charge in [-0.3, -0.25) is 14.9 Å². The normalized spacial score (nSPS) is 14.9. The number of carbonyl (C=O) groups is 3. The van der Waals surface area contributed by atoms with E-state index in [1.807, 2.05) is 6.92 Å². The van der Waals surface area contributed by atoms with Crippen molar-refractivity contribution in [3.8, 4) is 5.75 Å². The third-order valence-electron chi connectivity index (χ3n) is 5.31. The highest BCUT2D eigenvalue weighted by Crippen LogP contribution is 2.36. The number of halogens is 3. The van der Waals surface area contributed by atoms with E-state index in [1.165, 1.54) is 30.3 Å². The Kier molecular flexibility index (Phi) is 7.19. The molecule has 0 unspecified atom stereocenters. The van der Waals surface area contributed by atoms with Gasteiger partial charge in [0.25, 0.3) is 11.8 Å². The monoisotopic (exact) mass is 512 g/mol. The summed E-state index contributed by atoms with van der Waals surface area (Å²) in [5.41, 5.74) is 2.05. The van der Waals surface area contributed by atoms with Crippen LogP contribution in [0.1, 0.15) is 23.6 Å². The number of amides is 4. The topological polar surface area (TPSA) is 75.7 Å². The first kappa shape index (κ1) is 24.4. The summed E-state index contributed by atoms with van der Waals surface area (Å²) < 4.78 is 19.0. The Morgan fingerprint density at radius 2 is 1.66 bits per heavy atom. The van der Waals surface area contributed by atoms with Gasteiger partial charge < -0.3 is 4.74 Å². The van der Waals surface area contributed by atoms with Gasteiger partial charge in [0.05, 0.1) is 15.7 Å². The molecule has 0 aliphatic carbocycles. The van der Waals surface area contributed by atoms with Crippen LogP contribution in [-0.4, -0.2) is 17.8 Å². The number of nitrogens with one attached hydrogen (secondary N) is 1. The lowest BCUT2D eigenvalue weighted by Crippen LogP contribution is -2.54. The summed E-state index contributed by atoms with van der Waals surface area (Å²) in [5.74, 6) is -1.83. The molecule has 0 aromatic heterocycles. The average molecular weight is 513 g/mol. The molecule has 0 saturated carbocycles. The molecule has 4 rings (SSSR count). The van der Waals surface area contributed by atoms with Crippen molar-refractivity contribution in [2.45, 2.75) is 20.0 Å². The van der Waals surface area contributed by atoms with Crippen LogP contribution in [0, 0.1) is 5.82 Å². The van der Waals surface area contributed by atoms with E-state index < -0.39 is 23.7 Å². The molecule has 178 valence electrons. The number of aryl methyl sites for hydroxylation is 1. The van der Waals surface area contributed by atoms with Gasteiger partial charge in [-0.05, 0) is 65.6 Å². The number of anilines is 1. The Morgan fingerprint density at radius 3 is 2.29 bits per heavy atom. The quantitative estimate of drug-likeness (QED) is 0.327. The van der Waals surface area contributed by atoms with Gasteiger partial charge in [0.2, 0.25) is 0 Å². The maximum Gasteiger partial charge on any atom is 0.335 e. The van der Waals surface area contributed by atoms with E-state index in [9.17, 15) is 18.8 Å². The predicted molar refractivity (Wildman–Crippen MR) is 132 cm³/mol. The zero-order chi connectivity index (χ0) is 25.1. The highest BCUT2D eigenvalue weighted by atomic mass is 35.5. The van der Waals surface area contributed by atoms with E-state index in [1.54, 1.807) is 36.4 Å². The minimum absolute atomic E-state index is 0.0341. The maximum atomic E-state index is 13.4. The smallest absolute Gasteiger partial charge is 0.335 e. The molecule has 1 fully saturated rings. The van der Waals surface area contributed by atoms with E-state index in [4.69, 9.17) is 27.9 Å². The van der Waals surface area contributed by atoms with Crippen molar-refractivity contribution in [2.75, 3.05) is 4.90 Å². The minimum atomic E-state index is -0.835. The van der Waals surface area contributed by atoms with Crippen molar-refractivity contribution in [1.82, 2.24) is 5.32 Å². The molecular formula is C26H19Cl2FN2O4. The zero-order valence-corrected chi connectivity index (χ0v) is 20.0. The van der Waals surface area contributed by atoms with Gasteiger partial charge in [-0.2, -0.15) is 0 Å². The number of urea groups is 1. The molecule has 1 heterocycles. The molecule has 6 nitrogen and oxygen atoms in total. The molecule has 3 aromatic rings. The number of imide groups is 2. The first-order valence-corrected chi connectivity index (χ1v) is 11.4. The van der Waals surface area contributed by atoms with Crippen LogP contribution in [0.5, 0.6) is 5.75 Å². The fraction of sp³-hybridized carbons (Fsp3) is 0.115. The van der Waals surface area contributed by atoms with Gasteiger partial charge in [-0.25, -0.2) is 14.1 Å². The van der Waals surface area contributed by atoms with E-state index in [2.05, 4.69) is 5.32 Å². The number of rotatable bonds is 6. The van der Waals surface area contributed by atoms with E-state index >= 15 is 0 Å². The fourth-order valence-electron chi connectivity index (χ4n) is 3.52. The first-order chi connectivity index (χ1) is 16.8. The van der Waals surface area contributed by atoms with Crippen molar-refractivity contribution >= 4 is 52.8 Å². The third-order valence-corrected chi connectivity index (χ3v) is 5.87. The summed E-state index contributed by atoms with van der Waals surface area (Å²) in [6.45, 7) is 2.02. The molecular weight excluding hydrogens is 494 g/mol. The lowest BCUT2D eigenvalue weighted by atomic mass is 10.1. The van der Waals surface area contributed by atoms with Crippen molar-refractivity contribution in [1.29, 1.82) is 0 Å². The number of hydrogen-bond acceptors (Lipinski definition) is 4. The molecule has 1 aliphatic rings. The third kappa shape index (κ3) is 5.37. The molecule has 9 heteroatoms. The molecule has 3 aromatic carbocycles. The number of barbiturate groups is 1. The van der Waals surface area contributed by atoms with E-state index in [-0.39, 0.29) is 28.0 Å². The SMILES string of the molecule is CCc1ccc(N2C(=O)NC(=O)/C(=C/c3cc(Cl)c(OCc4cccc(F)c4)c(Cl)c3)C2=O)cc1. The summed E-state index contributed by atoms with van der Waals surface area (Å²) in [5, 5.41) is 2.44. The van der Waals surface area contributed by atoms with Gasteiger partial charge in [-0.1, -0.05) is 54.4 Å². The Morgan fingerprint density at radius 1 is 0.971 bits per heavy atom. The summed E-state index contributed by atoms with van der Waals surface area (Å²) >= 11 is 12.7. The second-order valence-electron chi connectivity index (χ2n) is 7.71. The van der Waals surface area contributed by atoms with Crippen LogP contribution in [0.4, 0.5) is 14.9 Å². The average Bonchev–Trinajstić information content (AvgIpc) is 2.81. The van der Waals surface area contributed by atoms with Gasteiger partial charge >= 0.3 is 6.03 Å². The highest BCUT2D eigenvalue weighted by Gasteiger charge is 2.36. The molecule has 1 saturated heterocycles. The van der Waals surface area contributed by atoms with Gasteiger partial charge in [-0.15, -0.1) is 0 Å². The number of ether oxygens (including phenoxy) is 1. The Labute approximate surface area is 210 Å². The van der Waals surface area contributed by atoms with Gasteiger partial charge in [0.15, 0.2) is 5.75 Å². The summed E-state index contributed by atoms with van der Waals surface area (Å²) in [7, 11) is 0. The predicted octanol–water partition coefficient (Wildman–Crippen LogP) is 5.94. The lowest BCUT2D eigenvalue weighted by Gasteiger charge is -2.26. The Bertz CT molecular complexity index is 1330. The molecule has 4 amide bonds. The van der Waals surface area contributed by atoms with Crippen LogP contribution in [0.2, 0.25) is 10.0 Å². The first-order valence-electron chi connectivity index (χ1n) is 10.6. The lowest BCUT2D eigenvalue weighted by molar-refractivity contribution is -0.122. The minimum Gasteiger partial charge on any atom is -0.486 e. The molecule has 1 aliphatic heterocycles. The molecule has 0 radical (unpaired) electrons. The van der Waals surface area contributed by atoms with Crippen molar-refractivity contribution in [3.63, 3.8) is 0 Å². The fourth-order valence-corrected chi connectivity index (χ4v) is 4.14. The highest BCUT2D eigenvalue weighted by molar-refractivity contribution is 6.40. The molecule has 1 N–H and O–H groups in total. The van der Waals surface area contributed by atoms with Crippen LogP contribution in [0.15, 0.2) is 66.2 Å². The number of carbonyl (C=O) groups excluding carboxylic acids is 3.